The maximum atomic E-state index is 14.2. The first-order valence-corrected chi connectivity index (χ1v) is 16.4. The molecule has 42 heavy (non-hydrogen) atoms. The van der Waals surface area contributed by atoms with Crippen LogP contribution in [0.4, 0.5) is 5.69 Å². The van der Waals surface area contributed by atoms with Gasteiger partial charge in [-0.3, -0.25) is 13.9 Å². The minimum Gasteiger partial charge on any atom is -0.352 e. The quantitative estimate of drug-likeness (QED) is 0.271. The largest absolute Gasteiger partial charge is 0.352 e. The third-order valence-electron chi connectivity index (χ3n) is 7.75. The number of aryl methyl sites for hydroxylation is 2. The highest BCUT2D eigenvalue weighted by Crippen LogP contribution is 2.30. The lowest BCUT2D eigenvalue weighted by atomic mass is 9.95. The Morgan fingerprint density at radius 3 is 2.29 bits per heavy atom. The molecule has 0 radical (unpaired) electrons. The SMILES string of the molecule is Cc1ccc(S(=O)(=O)N(CC(=O)N(Cc2ccccc2Cl)[C@H](C)C(=O)NC2CCCCC2)c2cc(Cl)ccc2C)cc1. The molecule has 2 amide bonds. The second kappa shape index (κ2) is 13.9. The van der Waals surface area contributed by atoms with Crippen LogP contribution >= 0.6 is 23.2 Å². The van der Waals surface area contributed by atoms with Gasteiger partial charge in [-0.25, -0.2) is 8.42 Å². The van der Waals surface area contributed by atoms with Crippen molar-refractivity contribution in [3.8, 4) is 0 Å². The van der Waals surface area contributed by atoms with E-state index < -0.39 is 28.5 Å². The average Bonchev–Trinajstić information content (AvgIpc) is 2.97. The van der Waals surface area contributed by atoms with Gasteiger partial charge in [-0.15, -0.1) is 0 Å². The van der Waals surface area contributed by atoms with Gasteiger partial charge in [0.2, 0.25) is 11.8 Å². The van der Waals surface area contributed by atoms with Gasteiger partial charge in [0.05, 0.1) is 10.6 Å². The highest BCUT2D eigenvalue weighted by molar-refractivity contribution is 7.92. The van der Waals surface area contributed by atoms with Crippen LogP contribution in [0.1, 0.15) is 55.7 Å². The Kier molecular flexibility index (Phi) is 10.6. The van der Waals surface area contributed by atoms with Gasteiger partial charge >= 0.3 is 0 Å². The molecule has 0 heterocycles. The summed E-state index contributed by atoms with van der Waals surface area (Å²) in [6.45, 7) is 4.78. The summed E-state index contributed by atoms with van der Waals surface area (Å²) in [4.78, 5) is 29.1. The molecule has 0 unspecified atom stereocenters. The van der Waals surface area contributed by atoms with Crippen LogP contribution in [0.15, 0.2) is 71.6 Å². The second-order valence-electron chi connectivity index (χ2n) is 10.9. The number of sulfonamides is 1. The van der Waals surface area contributed by atoms with Crippen molar-refractivity contribution < 1.29 is 18.0 Å². The lowest BCUT2D eigenvalue weighted by molar-refractivity contribution is -0.139. The van der Waals surface area contributed by atoms with Crippen molar-refractivity contribution >= 4 is 50.7 Å². The summed E-state index contributed by atoms with van der Waals surface area (Å²) in [7, 11) is -4.19. The van der Waals surface area contributed by atoms with E-state index in [-0.39, 0.29) is 29.1 Å². The summed E-state index contributed by atoms with van der Waals surface area (Å²) < 4.78 is 29.2. The molecule has 1 aliphatic rings. The van der Waals surface area contributed by atoms with E-state index >= 15 is 0 Å². The lowest BCUT2D eigenvalue weighted by Crippen LogP contribution is -2.53. The van der Waals surface area contributed by atoms with Crippen molar-refractivity contribution in [3.63, 3.8) is 0 Å². The van der Waals surface area contributed by atoms with Gasteiger partial charge in [-0.05, 0) is 75.1 Å². The molecule has 0 spiro atoms. The fraction of sp³-hybridized carbons (Fsp3) is 0.375. The standard InChI is InChI=1S/C32H37Cl2N3O4S/c1-22-13-17-28(18-14-22)42(40,41)37(30-19-26(33)16-15-23(30)2)21-31(38)36(20-25-9-7-8-12-29(25)34)24(3)32(39)35-27-10-5-4-6-11-27/h7-9,12-19,24,27H,4-6,10-11,20-21H2,1-3H3,(H,35,39)/t24-/m1/s1. The Morgan fingerprint density at radius 1 is 0.952 bits per heavy atom. The number of carbonyl (C=O) groups excluding carboxylic acids is 2. The number of hydrogen-bond acceptors (Lipinski definition) is 4. The zero-order chi connectivity index (χ0) is 30.4. The van der Waals surface area contributed by atoms with Gasteiger partial charge in [-0.2, -0.15) is 0 Å². The van der Waals surface area contributed by atoms with Gasteiger partial charge < -0.3 is 10.2 Å². The summed E-state index contributed by atoms with van der Waals surface area (Å²) in [5.74, 6) is -0.828. The summed E-state index contributed by atoms with van der Waals surface area (Å²) in [6.07, 6.45) is 5.03. The Morgan fingerprint density at radius 2 is 1.62 bits per heavy atom. The number of amides is 2. The molecule has 7 nitrogen and oxygen atoms in total. The molecule has 1 aliphatic carbocycles. The molecule has 3 aromatic carbocycles. The molecule has 4 rings (SSSR count). The summed E-state index contributed by atoms with van der Waals surface area (Å²) in [5, 5.41) is 3.88. The zero-order valence-electron chi connectivity index (χ0n) is 24.1. The number of anilines is 1. The van der Waals surface area contributed by atoms with Crippen molar-refractivity contribution in [1.82, 2.24) is 10.2 Å². The second-order valence-corrected chi connectivity index (χ2v) is 13.6. The number of nitrogens with one attached hydrogen (secondary N) is 1. The van der Waals surface area contributed by atoms with E-state index in [0.717, 1.165) is 42.0 Å². The van der Waals surface area contributed by atoms with E-state index in [1.165, 1.54) is 23.1 Å². The number of hydrogen-bond donors (Lipinski definition) is 1. The van der Waals surface area contributed by atoms with Crippen LogP contribution in [0.2, 0.25) is 10.0 Å². The molecule has 3 aromatic rings. The van der Waals surface area contributed by atoms with E-state index in [2.05, 4.69) is 5.32 Å². The fourth-order valence-corrected chi connectivity index (χ4v) is 7.00. The Balaban J connectivity index is 1.72. The van der Waals surface area contributed by atoms with Crippen LogP contribution in [0.5, 0.6) is 0 Å². The number of nitrogens with zero attached hydrogens (tertiary/aromatic N) is 2. The van der Waals surface area contributed by atoms with Crippen LogP contribution in [-0.2, 0) is 26.2 Å². The number of rotatable bonds is 10. The van der Waals surface area contributed by atoms with Crippen LogP contribution < -0.4 is 9.62 Å². The third-order valence-corrected chi connectivity index (χ3v) is 10.1. The Bertz CT molecular complexity index is 1520. The maximum absolute atomic E-state index is 14.2. The third kappa shape index (κ3) is 7.65. The topological polar surface area (TPSA) is 86.8 Å². The van der Waals surface area contributed by atoms with E-state index in [4.69, 9.17) is 23.2 Å². The van der Waals surface area contributed by atoms with Gasteiger partial charge in [0.15, 0.2) is 0 Å². The van der Waals surface area contributed by atoms with Crippen LogP contribution in [-0.4, -0.2) is 43.8 Å². The molecule has 0 aliphatic heterocycles. The van der Waals surface area contributed by atoms with Crippen molar-refractivity contribution in [2.45, 2.75) is 76.4 Å². The first-order chi connectivity index (χ1) is 20.0. The highest BCUT2D eigenvalue weighted by atomic mass is 35.5. The first kappa shape index (κ1) is 31.9. The van der Waals surface area contributed by atoms with Gasteiger partial charge in [0.1, 0.15) is 12.6 Å². The Labute approximate surface area is 258 Å². The normalized spacial score (nSPS) is 14.7. The molecule has 0 bridgehead atoms. The van der Waals surface area contributed by atoms with E-state index in [1.54, 1.807) is 62.4 Å². The molecule has 1 saturated carbocycles. The monoisotopic (exact) mass is 629 g/mol. The van der Waals surface area contributed by atoms with E-state index in [0.29, 0.717) is 21.2 Å². The molecule has 1 atom stereocenters. The molecular weight excluding hydrogens is 593 g/mol. The number of halogens is 2. The number of benzene rings is 3. The van der Waals surface area contributed by atoms with Gasteiger partial charge in [-0.1, -0.05) is 84.4 Å². The summed E-state index contributed by atoms with van der Waals surface area (Å²) in [6, 6.07) is 17.6. The molecule has 0 aromatic heterocycles. The van der Waals surface area contributed by atoms with Crippen LogP contribution in [0, 0.1) is 13.8 Å². The van der Waals surface area contributed by atoms with Crippen molar-refractivity contribution in [2.24, 2.45) is 0 Å². The predicted octanol–water partition coefficient (Wildman–Crippen LogP) is 6.67. The molecular formula is C32H37Cl2N3O4S. The average molecular weight is 631 g/mol. The van der Waals surface area contributed by atoms with Crippen LogP contribution in [0.3, 0.4) is 0 Å². The zero-order valence-corrected chi connectivity index (χ0v) is 26.5. The van der Waals surface area contributed by atoms with Crippen molar-refractivity contribution in [1.29, 1.82) is 0 Å². The molecule has 1 fully saturated rings. The molecule has 224 valence electrons. The minimum absolute atomic E-state index is 0.0324. The summed E-state index contributed by atoms with van der Waals surface area (Å²) >= 11 is 12.8. The first-order valence-electron chi connectivity index (χ1n) is 14.2. The van der Waals surface area contributed by atoms with E-state index in [1.807, 2.05) is 6.92 Å². The highest BCUT2D eigenvalue weighted by Gasteiger charge is 2.34. The van der Waals surface area contributed by atoms with E-state index in [9.17, 15) is 18.0 Å². The molecule has 0 saturated heterocycles. The summed E-state index contributed by atoms with van der Waals surface area (Å²) in [5.41, 5.74) is 2.47. The molecule has 10 heteroatoms. The fourth-order valence-electron chi connectivity index (χ4n) is 5.16. The smallest absolute Gasteiger partial charge is 0.264 e. The van der Waals surface area contributed by atoms with Crippen molar-refractivity contribution in [3.05, 3.63) is 93.5 Å². The lowest BCUT2D eigenvalue weighted by Gasteiger charge is -2.33. The Hall–Kier alpha value is -3.07. The number of carbonyl (C=O) groups is 2. The van der Waals surface area contributed by atoms with Crippen LogP contribution in [0.25, 0.3) is 0 Å². The maximum Gasteiger partial charge on any atom is 0.264 e. The van der Waals surface area contributed by atoms with Gasteiger partial charge in [0.25, 0.3) is 10.0 Å². The minimum atomic E-state index is -4.19. The van der Waals surface area contributed by atoms with Crippen molar-refractivity contribution in [2.75, 3.05) is 10.8 Å². The predicted molar refractivity (Wildman–Crippen MR) is 168 cm³/mol. The molecule has 1 N–H and O–H groups in total. The van der Waals surface area contributed by atoms with Gasteiger partial charge in [0, 0.05) is 22.6 Å².